The first-order valence-corrected chi connectivity index (χ1v) is 4.33. The molecule has 1 aliphatic heterocycles. The van der Waals surface area contributed by atoms with Crippen molar-refractivity contribution in [2.45, 2.75) is 25.8 Å². The van der Waals surface area contributed by atoms with Gasteiger partial charge in [0.2, 0.25) is 5.91 Å². The Labute approximate surface area is 76.8 Å². The van der Waals surface area contributed by atoms with Crippen molar-refractivity contribution in [2.24, 2.45) is 0 Å². The fourth-order valence-electron chi connectivity index (χ4n) is 1.53. The molecule has 0 aliphatic carbocycles. The highest BCUT2D eigenvalue weighted by Crippen LogP contribution is 2.17. The van der Waals surface area contributed by atoms with Crippen LogP contribution in [0.2, 0.25) is 0 Å². The van der Waals surface area contributed by atoms with Crippen molar-refractivity contribution in [2.75, 3.05) is 6.54 Å². The smallest absolute Gasteiger partial charge is 0.326 e. The van der Waals surface area contributed by atoms with E-state index in [2.05, 4.69) is 0 Å². The van der Waals surface area contributed by atoms with Crippen LogP contribution in [0.4, 0.5) is 0 Å². The number of nitrogens with zero attached hydrogens (tertiary/aromatic N) is 1. The minimum absolute atomic E-state index is 0.201. The van der Waals surface area contributed by atoms with Crippen LogP contribution in [-0.4, -0.2) is 34.5 Å². The van der Waals surface area contributed by atoms with Crippen LogP contribution in [0.15, 0.2) is 12.2 Å². The molecule has 1 N–H and O–H groups in total. The number of carbonyl (C=O) groups is 2. The third-order valence-corrected chi connectivity index (χ3v) is 2.13. The molecule has 1 amide bonds. The van der Waals surface area contributed by atoms with Gasteiger partial charge in [-0.15, -0.1) is 0 Å². The molecular weight excluding hydrogens is 170 g/mol. The number of carboxylic acid groups (broad SMARTS) is 1. The van der Waals surface area contributed by atoms with E-state index in [1.807, 2.05) is 0 Å². The molecule has 1 heterocycles. The van der Waals surface area contributed by atoms with E-state index in [1.54, 1.807) is 13.0 Å². The van der Waals surface area contributed by atoms with E-state index in [4.69, 9.17) is 5.11 Å². The van der Waals surface area contributed by atoms with Gasteiger partial charge in [-0.05, 0) is 25.8 Å². The summed E-state index contributed by atoms with van der Waals surface area (Å²) in [5, 5.41) is 8.78. The van der Waals surface area contributed by atoms with Crippen LogP contribution >= 0.6 is 0 Å². The van der Waals surface area contributed by atoms with Crippen LogP contribution in [-0.2, 0) is 9.59 Å². The van der Waals surface area contributed by atoms with Gasteiger partial charge in [0.1, 0.15) is 6.04 Å². The summed E-state index contributed by atoms with van der Waals surface area (Å²) in [6.45, 7) is 2.30. The normalized spacial score (nSPS) is 22.5. The number of rotatable bonds is 2. The van der Waals surface area contributed by atoms with Gasteiger partial charge in [0.25, 0.3) is 0 Å². The van der Waals surface area contributed by atoms with Crippen LogP contribution in [0.25, 0.3) is 0 Å². The van der Waals surface area contributed by atoms with Crippen LogP contribution in [0.3, 0.4) is 0 Å². The SMILES string of the molecule is CC=CC(=O)N1CCCC1C(=O)O. The molecule has 1 fully saturated rings. The molecule has 0 aromatic rings. The lowest BCUT2D eigenvalue weighted by Crippen LogP contribution is -2.39. The minimum Gasteiger partial charge on any atom is -0.480 e. The third-order valence-electron chi connectivity index (χ3n) is 2.13. The number of carbonyl (C=O) groups excluding carboxylic acids is 1. The number of hydrogen-bond donors (Lipinski definition) is 1. The number of amides is 1. The molecule has 1 aliphatic rings. The Balaban J connectivity index is 2.68. The second-order valence-electron chi connectivity index (χ2n) is 3.03. The third kappa shape index (κ3) is 2.08. The van der Waals surface area contributed by atoms with Crippen LogP contribution in [0.5, 0.6) is 0 Å². The molecule has 0 bridgehead atoms. The molecule has 1 unspecified atom stereocenters. The van der Waals surface area contributed by atoms with Crippen molar-refractivity contribution in [1.82, 2.24) is 4.90 Å². The van der Waals surface area contributed by atoms with E-state index < -0.39 is 12.0 Å². The summed E-state index contributed by atoms with van der Waals surface area (Å²) in [6, 6.07) is -0.622. The lowest BCUT2D eigenvalue weighted by molar-refractivity contribution is -0.146. The summed E-state index contributed by atoms with van der Waals surface area (Å²) in [6.07, 6.45) is 4.37. The zero-order valence-corrected chi connectivity index (χ0v) is 7.56. The molecule has 0 aromatic heterocycles. The molecule has 13 heavy (non-hydrogen) atoms. The topological polar surface area (TPSA) is 57.6 Å². The second kappa shape index (κ2) is 4.07. The average Bonchev–Trinajstić information content (AvgIpc) is 2.52. The van der Waals surface area contributed by atoms with Crippen molar-refractivity contribution < 1.29 is 14.7 Å². The highest BCUT2D eigenvalue weighted by Gasteiger charge is 2.32. The number of likely N-dealkylation sites (tertiary alicyclic amines) is 1. The van der Waals surface area contributed by atoms with Gasteiger partial charge >= 0.3 is 5.97 Å². The molecule has 0 saturated carbocycles. The van der Waals surface area contributed by atoms with Crippen LogP contribution in [0, 0.1) is 0 Å². The summed E-state index contributed by atoms with van der Waals surface area (Å²) in [7, 11) is 0. The summed E-state index contributed by atoms with van der Waals surface area (Å²) >= 11 is 0. The van der Waals surface area contributed by atoms with Gasteiger partial charge in [-0.3, -0.25) is 4.79 Å². The van der Waals surface area contributed by atoms with Crippen LogP contribution in [0.1, 0.15) is 19.8 Å². The van der Waals surface area contributed by atoms with Gasteiger partial charge < -0.3 is 10.0 Å². The zero-order valence-electron chi connectivity index (χ0n) is 7.56. The molecule has 1 rings (SSSR count). The van der Waals surface area contributed by atoms with Gasteiger partial charge in [-0.25, -0.2) is 4.79 Å². The van der Waals surface area contributed by atoms with E-state index in [-0.39, 0.29) is 5.91 Å². The Morgan fingerprint density at radius 2 is 2.23 bits per heavy atom. The predicted octanol–water partition coefficient (Wildman–Crippen LogP) is 0.638. The molecule has 0 spiro atoms. The monoisotopic (exact) mass is 183 g/mol. The molecule has 0 radical (unpaired) electrons. The minimum atomic E-state index is -0.907. The Morgan fingerprint density at radius 1 is 1.54 bits per heavy atom. The number of allylic oxidation sites excluding steroid dienone is 1. The highest BCUT2D eigenvalue weighted by atomic mass is 16.4. The fourth-order valence-corrected chi connectivity index (χ4v) is 1.53. The molecule has 1 atom stereocenters. The molecule has 0 aromatic carbocycles. The standard InChI is InChI=1S/C9H13NO3/c1-2-4-8(11)10-6-3-5-7(10)9(12)13/h2,4,7H,3,5-6H2,1H3,(H,12,13). The fraction of sp³-hybridized carbons (Fsp3) is 0.556. The molecule has 1 saturated heterocycles. The van der Waals surface area contributed by atoms with E-state index in [0.717, 1.165) is 6.42 Å². The van der Waals surface area contributed by atoms with Gasteiger partial charge in [0.15, 0.2) is 0 Å². The first-order valence-electron chi connectivity index (χ1n) is 4.33. The average molecular weight is 183 g/mol. The quantitative estimate of drug-likeness (QED) is 0.639. The van der Waals surface area contributed by atoms with Crippen molar-refractivity contribution in [3.63, 3.8) is 0 Å². The summed E-state index contributed by atoms with van der Waals surface area (Å²) in [4.78, 5) is 23.4. The zero-order chi connectivity index (χ0) is 9.84. The van der Waals surface area contributed by atoms with Gasteiger partial charge in [-0.1, -0.05) is 6.08 Å². The number of hydrogen-bond acceptors (Lipinski definition) is 2. The van der Waals surface area contributed by atoms with Crippen molar-refractivity contribution in [3.05, 3.63) is 12.2 Å². The van der Waals surface area contributed by atoms with Crippen LogP contribution < -0.4 is 0 Å². The Kier molecular flexibility index (Phi) is 3.06. The van der Waals surface area contributed by atoms with E-state index in [9.17, 15) is 9.59 Å². The first-order chi connectivity index (χ1) is 6.16. The maximum Gasteiger partial charge on any atom is 0.326 e. The molecule has 4 nitrogen and oxygen atoms in total. The molecule has 72 valence electrons. The summed E-state index contributed by atoms with van der Waals surface area (Å²) < 4.78 is 0. The van der Waals surface area contributed by atoms with E-state index in [0.29, 0.717) is 13.0 Å². The van der Waals surface area contributed by atoms with Gasteiger partial charge in [0.05, 0.1) is 0 Å². The Bertz CT molecular complexity index is 247. The second-order valence-corrected chi connectivity index (χ2v) is 3.03. The molecular formula is C9H13NO3. The van der Waals surface area contributed by atoms with Crippen molar-refractivity contribution in [3.8, 4) is 0 Å². The predicted molar refractivity (Wildman–Crippen MR) is 47.2 cm³/mol. The maximum absolute atomic E-state index is 11.3. The van der Waals surface area contributed by atoms with Crippen molar-refractivity contribution in [1.29, 1.82) is 0 Å². The Morgan fingerprint density at radius 3 is 2.77 bits per heavy atom. The maximum atomic E-state index is 11.3. The largest absolute Gasteiger partial charge is 0.480 e. The summed E-state index contributed by atoms with van der Waals surface area (Å²) in [5.41, 5.74) is 0. The first kappa shape index (κ1) is 9.77. The number of aliphatic carboxylic acids is 1. The number of carboxylic acids is 1. The summed E-state index contributed by atoms with van der Waals surface area (Å²) in [5.74, 6) is -1.11. The lowest BCUT2D eigenvalue weighted by Gasteiger charge is -2.19. The molecule has 4 heteroatoms. The van der Waals surface area contributed by atoms with E-state index in [1.165, 1.54) is 11.0 Å². The highest BCUT2D eigenvalue weighted by molar-refractivity contribution is 5.91. The van der Waals surface area contributed by atoms with E-state index >= 15 is 0 Å². The van der Waals surface area contributed by atoms with Crippen molar-refractivity contribution >= 4 is 11.9 Å². The van der Waals surface area contributed by atoms with Gasteiger partial charge in [-0.2, -0.15) is 0 Å². The Hall–Kier alpha value is -1.32. The van der Waals surface area contributed by atoms with Gasteiger partial charge in [0, 0.05) is 6.54 Å². The lowest BCUT2D eigenvalue weighted by atomic mass is 10.2.